The molecule has 0 aliphatic heterocycles. The zero-order valence-corrected chi connectivity index (χ0v) is 7.86. The van der Waals surface area contributed by atoms with Gasteiger partial charge in [0.15, 0.2) is 0 Å². The summed E-state index contributed by atoms with van der Waals surface area (Å²) < 4.78 is 5.61. The van der Waals surface area contributed by atoms with Crippen molar-refractivity contribution < 1.29 is 9.84 Å². The number of ether oxygens (including phenoxy) is 1. The van der Waals surface area contributed by atoms with Crippen molar-refractivity contribution in [3.05, 3.63) is 0 Å². The van der Waals surface area contributed by atoms with Crippen molar-refractivity contribution >= 4 is 0 Å². The summed E-state index contributed by atoms with van der Waals surface area (Å²) in [7, 11) is 0. The van der Waals surface area contributed by atoms with Gasteiger partial charge >= 0.3 is 0 Å². The molecule has 3 nitrogen and oxygen atoms in total. The lowest BCUT2D eigenvalue weighted by atomic mass is 10.2. The predicted octanol–water partition coefficient (Wildman–Crippen LogP) is 0.510. The van der Waals surface area contributed by atoms with Crippen LogP contribution in [0, 0.1) is 5.92 Å². The van der Waals surface area contributed by atoms with Gasteiger partial charge in [0.25, 0.3) is 0 Å². The van der Waals surface area contributed by atoms with Gasteiger partial charge in [0.2, 0.25) is 0 Å². The summed E-state index contributed by atoms with van der Waals surface area (Å²) in [6.07, 6.45) is 2.12. The molecule has 0 aromatic rings. The van der Waals surface area contributed by atoms with Gasteiger partial charge < -0.3 is 15.6 Å². The zero-order valence-electron chi connectivity index (χ0n) is 7.86. The van der Waals surface area contributed by atoms with Crippen molar-refractivity contribution in [2.75, 3.05) is 6.54 Å². The van der Waals surface area contributed by atoms with Crippen LogP contribution >= 0.6 is 0 Å². The van der Waals surface area contributed by atoms with Crippen LogP contribution in [0.5, 0.6) is 0 Å². The molecular formula is C9H19NO2. The Labute approximate surface area is 73.9 Å². The highest BCUT2D eigenvalue weighted by atomic mass is 16.5. The molecular weight excluding hydrogens is 154 g/mol. The first-order chi connectivity index (χ1) is 5.65. The van der Waals surface area contributed by atoms with Crippen molar-refractivity contribution in [3.8, 4) is 0 Å². The van der Waals surface area contributed by atoms with E-state index < -0.39 is 6.10 Å². The highest BCUT2D eigenvalue weighted by Gasteiger charge is 2.32. The summed E-state index contributed by atoms with van der Waals surface area (Å²) in [4.78, 5) is 0. The lowest BCUT2D eigenvalue weighted by Crippen LogP contribution is -2.34. The van der Waals surface area contributed by atoms with Crippen molar-refractivity contribution in [1.29, 1.82) is 0 Å². The molecule has 3 unspecified atom stereocenters. The lowest BCUT2D eigenvalue weighted by Gasteiger charge is -2.22. The van der Waals surface area contributed by atoms with Gasteiger partial charge in [-0.3, -0.25) is 0 Å². The molecule has 3 N–H and O–H groups in total. The van der Waals surface area contributed by atoms with E-state index in [0.29, 0.717) is 12.5 Å². The minimum absolute atomic E-state index is 0.0980. The van der Waals surface area contributed by atoms with Crippen LogP contribution in [0.4, 0.5) is 0 Å². The summed E-state index contributed by atoms with van der Waals surface area (Å²) in [5.74, 6) is 0.649. The van der Waals surface area contributed by atoms with Crippen molar-refractivity contribution in [3.63, 3.8) is 0 Å². The normalized spacial score (nSPS) is 25.0. The Morgan fingerprint density at radius 1 is 1.50 bits per heavy atom. The van der Waals surface area contributed by atoms with E-state index in [1.54, 1.807) is 6.92 Å². The minimum atomic E-state index is -0.405. The van der Waals surface area contributed by atoms with Crippen molar-refractivity contribution in [1.82, 2.24) is 0 Å². The van der Waals surface area contributed by atoms with E-state index in [1.165, 1.54) is 12.8 Å². The Bertz CT molecular complexity index is 134. The van der Waals surface area contributed by atoms with E-state index in [1.807, 2.05) is 6.92 Å². The molecule has 1 aliphatic carbocycles. The molecule has 72 valence electrons. The van der Waals surface area contributed by atoms with E-state index in [4.69, 9.17) is 10.5 Å². The maximum Gasteiger partial charge on any atom is 0.0807 e. The molecule has 0 aromatic carbocycles. The second kappa shape index (κ2) is 4.21. The molecule has 0 aromatic heterocycles. The Kier molecular flexibility index (Phi) is 3.50. The zero-order chi connectivity index (χ0) is 9.14. The van der Waals surface area contributed by atoms with E-state index in [0.717, 1.165) is 0 Å². The highest BCUT2D eigenvalue weighted by Crippen LogP contribution is 2.34. The largest absolute Gasteiger partial charge is 0.391 e. The average Bonchev–Trinajstić information content (AvgIpc) is 2.82. The van der Waals surface area contributed by atoms with Gasteiger partial charge in [-0.15, -0.1) is 0 Å². The molecule has 0 amide bonds. The van der Waals surface area contributed by atoms with Crippen LogP contribution in [0.25, 0.3) is 0 Å². The number of aliphatic hydroxyl groups is 1. The molecule has 0 saturated heterocycles. The molecule has 3 heteroatoms. The fourth-order valence-corrected chi connectivity index (χ4v) is 1.22. The van der Waals surface area contributed by atoms with Crippen LogP contribution in [-0.4, -0.2) is 30.0 Å². The average molecular weight is 173 g/mol. The molecule has 3 atom stereocenters. The third kappa shape index (κ3) is 2.73. The fourth-order valence-electron chi connectivity index (χ4n) is 1.22. The van der Waals surface area contributed by atoms with E-state index in [-0.39, 0.29) is 12.2 Å². The number of nitrogens with two attached hydrogens (primary N) is 1. The molecule has 0 heterocycles. The second-order valence-electron chi connectivity index (χ2n) is 3.69. The Morgan fingerprint density at radius 2 is 2.08 bits per heavy atom. The summed E-state index contributed by atoms with van der Waals surface area (Å²) in [5, 5.41) is 9.20. The van der Waals surface area contributed by atoms with Crippen LogP contribution in [0.2, 0.25) is 0 Å². The second-order valence-corrected chi connectivity index (χ2v) is 3.69. The van der Waals surface area contributed by atoms with Gasteiger partial charge in [-0.1, -0.05) is 0 Å². The third-order valence-electron chi connectivity index (χ3n) is 2.45. The monoisotopic (exact) mass is 173 g/mol. The smallest absolute Gasteiger partial charge is 0.0807 e. The van der Waals surface area contributed by atoms with Crippen molar-refractivity contribution in [2.24, 2.45) is 11.7 Å². The molecule has 1 rings (SSSR count). The topological polar surface area (TPSA) is 55.5 Å². The van der Waals surface area contributed by atoms with Crippen LogP contribution in [0.1, 0.15) is 26.7 Å². The SMILES string of the molecule is CC(O)C(C)OC(CN)C1CC1. The van der Waals surface area contributed by atoms with Crippen LogP contribution in [0.15, 0.2) is 0 Å². The van der Waals surface area contributed by atoms with Gasteiger partial charge in [-0.2, -0.15) is 0 Å². The summed E-state index contributed by atoms with van der Waals surface area (Å²) in [6, 6.07) is 0. The summed E-state index contributed by atoms with van der Waals surface area (Å²) in [5.41, 5.74) is 5.56. The Morgan fingerprint density at radius 3 is 2.42 bits per heavy atom. The van der Waals surface area contributed by atoms with Gasteiger partial charge in [0.05, 0.1) is 18.3 Å². The van der Waals surface area contributed by atoms with Gasteiger partial charge in [-0.05, 0) is 32.6 Å². The van der Waals surface area contributed by atoms with Gasteiger partial charge in [0, 0.05) is 6.54 Å². The van der Waals surface area contributed by atoms with E-state index >= 15 is 0 Å². The fraction of sp³-hybridized carbons (Fsp3) is 1.00. The first-order valence-electron chi connectivity index (χ1n) is 4.68. The molecule has 1 aliphatic rings. The maximum atomic E-state index is 9.20. The molecule has 0 spiro atoms. The molecule has 1 saturated carbocycles. The number of hydrogen-bond donors (Lipinski definition) is 2. The van der Waals surface area contributed by atoms with Crippen LogP contribution in [0.3, 0.4) is 0 Å². The Hall–Kier alpha value is -0.120. The highest BCUT2D eigenvalue weighted by molar-refractivity contribution is 4.83. The van der Waals surface area contributed by atoms with E-state index in [2.05, 4.69) is 0 Å². The molecule has 12 heavy (non-hydrogen) atoms. The maximum absolute atomic E-state index is 9.20. The van der Waals surface area contributed by atoms with Gasteiger partial charge in [0.1, 0.15) is 0 Å². The van der Waals surface area contributed by atoms with E-state index in [9.17, 15) is 5.11 Å². The number of rotatable bonds is 5. The minimum Gasteiger partial charge on any atom is -0.391 e. The predicted molar refractivity (Wildman–Crippen MR) is 47.8 cm³/mol. The molecule has 0 bridgehead atoms. The lowest BCUT2D eigenvalue weighted by molar-refractivity contribution is -0.0650. The Balaban J connectivity index is 2.25. The first-order valence-corrected chi connectivity index (χ1v) is 4.68. The number of aliphatic hydroxyl groups excluding tert-OH is 1. The van der Waals surface area contributed by atoms with Crippen molar-refractivity contribution in [2.45, 2.75) is 45.0 Å². The van der Waals surface area contributed by atoms with Gasteiger partial charge in [-0.25, -0.2) is 0 Å². The van der Waals surface area contributed by atoms with Crippen LogP contribution in [-0.2, 0) is 4.74 Å². The summed E-state index contributed by atoms with van der Waals surface area (Å²) in [6.45, 7) is 4.20. The number of hydrogen-bond acceptors (Lipinski definition) is 3. The third-order valence-corrected chi connectivity index (χ3v) is 2.45. The molecule has 1 fully saturated rings. The molecule has 0 radical (unpaired) electrons. The standard InChI is InChI=1S/C9H19NO2/c1-6(11)7(2)12-9(5-10)8-3-4-8/h6-9,11H,3-5,10H2,1-2H3. The summed E-state index contributed by atoms with van der Waals surface area (Å²) >= 11 is 0. The first kappa shape index (κ1) is 9.96. The van der Waals surface area contributed by atoms with Crippen LogP contribution < -0.4 is 5.73 Å². The quantitative estimate of drug-likeness (QED) is 0.637.